The van der Waals surface area contributed by atoms with E-state index in [0.717, 1.165) is 31.5 Å². The smallest absolute Gasteiger partial charge is 0.326 e. The number of carbonyl (C=O) groups is 3. The summed E-state index contributed by atoms with van der Waals surface area (Å²) >= 11 is 9.31. The van der Waals surface area contributed by atoms with Gasteiger partial charge in [-0.15, -0.1) is 11.8 Å². The number of nitrogens with zero attached hydrogens (tertiary/aromatic N) is 1. The monoisotopic (exact) mass is 610 g/mol. The second-order valence-electron chi connectivity index (χ2n) is 11.4. The van der Waals surface area contributed by atoms with E-state index in [1.165, 1.54) is 18.3 Å². The fourth-order valence-corrected chi connectivity index (χ4v) is 10.8. The molecule has 11 heteroatoms. The maximum absolute atomic E-state index is 13.6. The number of nitrogens with one attached hydrogen (secondary N) is 1. The predicted molar refractivity (Wildman–Crippen MR) is 154 cm³/mol. The SMILES string of the molecule is Cc1ccccc1COc1ccc(Cl)cc1[C@H]1c2sc(=O)[nH]c2SC2C3CC(C4C(=O)N(C(C)C(=O)O)C(=O)C34)C21. The minimum atomic E-state index is -1.21. The summed E-state index contributed by atoms with van der Waals surface area (Å²) in [5.41, 5.74) is 3.03. The number of H-pyrrole nitrogens is 1. The number of benzene rings is 2. The number of hydrogen-bond donors (Lipinski definition) is 2. The minimum Gasteiger partial charge on any atom is -0.489 e. The number of amides is 2. The van der Waals surface area contributed by atoms with Gasteiger partial charge in [0.05, 0.1) is 16.9 Å². The first-order valence-corrected chi connectivity index (χ1v) is 15.7. The molecule has 41 heavy (non-hydrogen) atoms. The molecule has 212 valence electrons. The van der Waals surface area contributed by atoms with E-state index < -0.39 is 23.8 Å². The van der Waals surface area contributed by atoms with Crippen LogP contribution in [0, 0.1) is 36.5 Å². The summed E-state index contributed by atoms with van der Waals surface area (Å²) < 4.78 is 6.42. The van der Waals surface area contributed by atoms with Crippen LogP contribution in [0.1, 0.15) is 40.8 Å². The Morgan fingerprint density at radius 2 is 1.88 bits per heavy atom. The lowest BCUT2D eigenvalue weighted by Gasteiger charge is -2.43. The summed E-state index contributed by atoms with van der Waals surface area (Å²) in [7, 11) is 0. The zero-order chi connectivity index (χ0) is 28.7. The van der Waals surface area contributed by atoms with E-state index in [1.807, 2.05) is 43.3 Å². The topological polar surface area (TPSA) is 117 Å². The second kappa shape index (κ2) is 9.74. The number of fused-ring (bicyclic) bond motifs is 9. The van der Waals surface area contributed by atoms with Crippen LogP contribution >= 0.6 is 34.7 Å². The molecule has 3 fully saturated rings. The van der Waals surface area contributed by atoms with Gasteiger partial charge in [-0.2, -0.15) is 0 Å². The number of halogens is 1. The van der Waals surface area contributed by atoms with E-state index in [1.54, 1.807) is 17.8 Å². The van der Waals surface area contributed by atoms with Crippen molar-refractivity contribution < 1.29 is 24.2 Å². The molecule has 1 saturated heterocycles. The highest BCUT2D eigenvalue weighted by molar-refractivity contribution is 8.00. The van der Waals surface area contributed by atoms with Gasteiger partial charge >= 0.3 is 10.8 Å². The molecule has 2 bridgehead atoms. The molecule has 3 heterocycles. The van der Waals surface area contributed by atoms with Crippen LogP contribution in [0.3, 0.4) is 0 Å². The highest BCUT2D eigenvalue weighted by Crippen LogP contribution is 2.69. The van der Waals surface area contributed by atoms with Crippen LogP contribution in [-0.4, -0.2) is 44.1 Å². The molecule has 0 radical (unpaired) electrons. The second-order valence-corrected chi connectivity index (χ2v) is 14.1. The van der Waals surface area contributed by atoms with Crippen molar-refractivity contribution in [1.82, 2.24) is 9.88 Å². The van der Waals surface area contributed by atoms with Crippen molar-refractivity contribution in [3.63, 3.8) is 0 Å². The number of likely N-dealkylation sites (tertiary alicyclic amines) is 1. The van der Waals surface area contributed by atoms with Crippen molar-refractivity contribution in [1.29, 1.82) is 0 Å². The van der Waals surface area contributed by atoms with Crippen LogP contribution in [-0.2, 0) is 21.0 Å². The Balaban J connectivity index is 1.31. The van der Waals surface area contributed by atoms with Gasteiger partial charge in [-0.05, 0) is 67.3 Å². The molecule has 3 aromatic rings. The number of thioether (sulfide) groups is 1. The predicted octanol–water partition coefficient (Wildman–Crippen LogP) is 4.92. The Hall–Kier alpha value is -3.08. The number of ether oxygens (including phenoxy) is 1. The Bertz CT molecular complexity index is 1670. The molecule has 2 N–H and O–H groups in total. The Morgan fingerprint density at radius 1 is 1.15 bits per heavy atom. The molecule has 4 aliphatic rings. The van der Waals surface area contributed by atoms with Crippen molar-refractivity contribution in [2.24, 2.45) is 29.6 Å². The highest BCUT2D eigenvalue weighted by atomic mass is 35.5. The molecular weight excluding hydrogens is 584 g/mol. The van der Waals surface area contributed by atoms with E-state index in [4.69, 9.17) is 16.3 Å². The fraction of sp³-hybridized carbons (Fsp3) is 0.400. The summed E-state index contributed by atoms with van der Waals surface area (Å²) in [6, 6.07) is 12.3. The molecule has 2 aliphatic carbocycles. The third kappa shape index (κ3) is 4.01. The maximum atomic E-state index is 13.6. The number of aromatic amines is 1. The lowest BCUT2D eigenvalue weighted by Crippen LogP contribution is -2.44. The van der Waals surface area contributed by atoms with Gasteiger partial charge in [-0.25, -0.2) is 4.79 Å². The van der Waals surface area contributed by atoms with E-state index in [9.17, 15) is 24.3 Å². The number of hydrogen-bond acceptors (Lipinski definition) is 7. The van der Waals surface area contributed by atoms with Gasteiger partial charge in [0.2, 0.25) is 11.8 Å². The average molecular weight is 611 g/mol. The molecule has 8 nitrogen and oxygen atoms in total. The van der Waals surface area contributed by atoms with Crippen molar-refractivity contribution in [3.8, 4) is 5.75 Å². The normalized spacial score (nSPS) is 30.2. The quantitative estimate of drug-likeness (QED) is 0.380. The number of carboxylic acids is 1. The van der Waals surface area contributed by atoms with Crippen LogP contribution in [0.25, 0.3) is 0 Å². The summed E-state index contributed by atoms with van der Waals surface area (Å²) in [5.74, 6) is -2.96. The number of carbonyl (C=O) groups excluding carboxylic acids is 2. The van der Waals surface area contributed by atoms with Gasteiger partial charge < -0.3 is 14.8 Å². The summed E-state index contributed by atoms with van der Waals surface area (Å²) in [5, 5.41) is 10.9. The van der Waals surface area contributed by atoms with E-state index in [2.05, 4.69) is 4.98 Å². The third-order valence-electron chi connectivity index (χ3n) is 9.45. The van der Waals surface area contributed by atoms with Crippen LogP contribution in [0.15, 0.2) is 52.3 Å². The van der Waals surface area contributed by atoms with E-state index in [0.29, 0.717) is 23.8 Å². The van der Waals surface area contributed by atoms with Gasteiger partial charge in [-0.3, -0.25) is 19.3 Å². The molecule has 2 saturated carbocycles. The largest absolute Gasteiger partial charge is 0.489 e. The van der Waals surface area contributed by atoms with Gasteiger partial charge in [0.15, 0.2) is 0 Å². The lowest BCUT2D eigenvalue weighted by molar-refractivity contribution is -0.154. The Labute approximate surface area is 249 Å². The Kier molecular flexibility index (Phi) is 6.37. The zero-order valence-corrected chi connectivity index (χ0v) is 24.6. The molecular formula is C30H27ClN2O6S2. The number of rotatable bonds is 6. The molecule has 2 amide bonds. The van der Waals surface area contributed by atoms with Crippen molar-refractivity contribution in [2.45, 2.75) is 49.1 Å². The van der Waals surface area contributed by atoms with Crippen molar-refractivity contribution >= 4 is 52.5 Å². The van der Waals surface area contributed by atoms with Gasteiger partial charge in [0, 0.05) is 26.6 Å². The van der Waals surface area contributed by atoms with E-state index in [-0.39, 0.29) is 45.6 Å². The number of carboxylic acid groups (broad SMARTS) is 1. The number of aromatic nitrogens is 1. The molecule has 8 atom stereocenters. The molecule has 7 rings (SSSR count). The van der Waals surface area contributed by atoms with Crippen LogP contribution in [0.5, 0.6) is 5.75 Å². The highest BCUT2D eigenvalue weighted by Gasteiger charge is 2.70. The van der Waals surface area contributed by atoms with Gasteiger partial charge in [0.25, 0.3) is 0 Å². The molecule has 2 aromatic carbocycles. The first kappa shape index (κ1) is 26.8. The Morgan fingerprint density at radius 3 is 2.61 bits per heavy atom. The number of aliphatic carboxylic acids is 1. The van der Waals surface area contributed by atoms with Crippen LogP contribution < -0.4 is 9.61 Å². The third-order valence-corrected chi connectivity index (χ3v) is 12.3. The zero-order valence-electron chi connectivity index (χ0n) is 22.2. The summed E-state index contributed by atoms with van der Waals surface area (Å²) in [4.78, 5) is 56.2. The molecule has 2 aliphatic heterocycles. The average Bonchev–Trinajstić information content (AvgIpc) is 3.67. The summed E-state index contributed by atoms with van der Waals surface area (Å²) in [6.45, 7) is 3.78. The first-order valence-electron chi connectivity index (χ1n) is 13.6. The van der Waals surface area contributed by atoms with Crippen molar-refractivity contribution in [3.05, 3.63) is 78.7 Å². The van der Waals surface area contributed by atoms with Gasteiger partial charge in [0.1, 0.15) is 18.4 Å². The number of imide groups is 1. The molecule has 7 unspecified atom stereocenters. The fourth-order valence-electron chi connectivity index (χ4n) is 7.70. The number of aryl methyl sites for hydroxylation is 1. The minimum absolute atomic E-state index is 0.0240. The van der Waals surface area contributed by atoms with E-state index >= 15 is 0 Å². The van der Waals surface area contributed by atoms with Gasteiger partial charge in [-0.1, -0.05) is 47.2 Å². The van der Waals surface area contributed by atoms with Crippen LogP contribution in [0.2, 0.25) is 5.02 Å². The summed E-state index contributed by atoms with van der Waals surface area (Å²) in [6.07, 6.45) is 0.708. The maximum Gasteiger partial charge on any atom is 0.326 e. The lowest BCUT2D eigenvalue weighted by atomic mass is 9.68. The first-order chi connectivity index (χ1) is 19.7. The van der Waals surface area contributed by atoms with Crippen LogP contribution in [0.4, 0.5) is 0 Å². The molecule has 1 aromatic heterocycles. The number of thiazole rings is 1. The standard InChI is InChI=1S/C30H27ClN2O6S2/c1-12-5-3-4-6-14(12)11-39-19-8-7-15(31)9-16(19)20-21-17-10-18(24(21)40-26-25(20)41-30(38)32-26)23-22(17)27(34)33(28(23)35)13(2)29(36)37/h3-9,13,17-18,20-24H,10-11H2,1-2H3,(H,32,38)(H,36,37)/t13?,17?,18?,20-,21?,22?,23?,24?/m1/s1. The van der Waals surface area contributed by atoms with Crippen molar-refractivity contribution in [2.75, 3.05) is 0 Å². The molecule has 0 spiro atoms.